The molecule has 0 saturated carbocycles. The molecule has 4 heteroatoms. The fourth-order valence-corrected chi connectivity index (χ4v) is 3.15. The molecule has 1 aliphatic rings. The van der Waals surface area contributed by atoms with Crippen molar-refractivity contribution in [1.82, 2.24) is 9.88 Å². The minimum Gasteiger partial charge on any atom is -0.486 e. The Labute approximate surface area is 141 Å². The third-order valence-corrected chi connectivity index (χ3v) is 4.24. The van der Waals surface area contributed by atoms with E-state index < -0.39 is 0 Å². The quantitative estimate of drug-likeness (QED) is 0.737. The molecule has 122 valence electrons. The van der Waals surface area contributed by atoms with Crippen molar-refractivity contribution in [3.63, 3.8) is 0 Å². The Hall–Kier alpha value is -2.59. The van der Waals surface area contributed by atoms with Crippen LogP contribution in [0.5, 0.6) is 11.5 Å². The summed E-state index contributed by atoms with van der Waals surface area (Å²) in [4.78, 5) is 6.78. The molecule has 0 spiro atoms. The zero-order chi connectivity index (χ0) is 16.4. The smallest absolute Gasteiger partial charge is 0.161 e. The highest BCUT2D eigenvalue weighted by Crippen LogP contribution is 2.31. The number of likely N-dealkylation sites (N-methyl/N-ethyl adjacent to an activating group) is 1. The Morgan fingerprint density at radius 2 is 1.88 bits per heavy atom. The van der Waals surface area contributed by atoms with Gasteiger partial charge in [0.15, 0.2) is 11.5 Å². The third-order valence-electron chi connectivity index (χ3n) is 4.24. The minimum absolute atomic E-state index is 0.0350. The fourth-order valence-electron chi connectivity index (χ4n) is 3.15. The van der Waals surface area contributed by atoms with E-state index in [9.17, 15) is 0 Å². The first-order chi connectivity index (χ1) is 11.8. The van der Waals surface area contributed by atoms with Crippen LogP contribution in [0.4, 0.5) is 0 Å². The van der Waals surface area contributed by atoms with Crippen LogP contribution >= 0.6 is 0 Å². The van der Waals surface area contributed by atoms with Crippen molar-refractivity contribution in [2.75, 3.05) is 20.2 Å². The maximum absolute atomic E-state index is 6.05. The van der Waals surface area contributed by atoms with Crippen molar-refractivity contribution in [2.24, 2.45) is 0 Å². The van der Waals surface area contributed by atoms with Crippen molar-refractivity contribution in [1.29, 1.82) is 0 Å². The average molecular weight is 320 g/mol. The Kier molecular flexibility index (Phi) is 4.05. The Balaban J connectivity index is 1.44. The summed E-state index contributed by atoms with van der Waals surface area (Å²) >= 11 is 0. The number of hydrogen-bond acceptors (Lipinski definition) is 4. The van der Waals surface area contributed by atoms with Gasteiger partial charge in [-0.05, 0) is 30.8 Å². The molecule has 4 nitrogen and oxygen atoms in total. The highest BCUT2D eigenvalue weighted by atomic mass is 16.6. The van der Waals surface area contributed by atoms with E-state index in [0.717, 1.165) is 30.1 Å². The number of para-hydroxylation sites is 3. The lowest BCUT2D eigenvalue weighted by Gasteiger charge is -2.29. The summed E-state index contributed by atoms with van der Waals surface area (Å²) in [5.41, 5.74) is 2.30. The first kappa shape index (κ1) is 15.0. The zero-order valence-corrected chi connectivity index (χ0v) is 13.7. The van der Waals surface area contributed by atoms with Crippen LogP contribution in [0.3, 0.4) is 0 Å². The molecule has 0 aliphatic carbocycles. The molecule has 1 unspecified atom stereocenters. The lowest BCUT2D eigenvalue weighted by Crippen LogP contribution is -2.39. The Morgan fingerprint density at radius 1 is 1.04 bits per heavy atom. The SMILES string of the molecule is CN(Cc1cccc2cccnc12)CC1COc2ccccc2O1. The number of benzene rings is 2. The van der Waals surface area contributed by atoms with Crippen molar-refractivity contribution in [3.8, 4) is 11.5 Å². The van der Waals surface area contributed by atoms with E-state index in [2.05, 4.69) is 41.2 Å². The van der Waals surface area contributed by atoms with E-state index in [1.54, 1.807) is 0 Å². The fraction of sp³-hybridized carbons (Fsp3) is 0.250. The molecule has 0 amide bonds. The molecular weight excluding hydrogens is 300 g/mol. The van der Waals surface area contributed by atoms with Gasteiger partial charge in [0.2, 0.25) is 0 Å². The van der Waals surface area contributed by atoms with Gasteiger partial charge in [-0.3, -0.25) is 9.88 Å². The molecule has 0 saturated heterocycles. The summed E-state index contributed by atoms with van der Waals surface area (Å²) in [6, 6.07) is 18.2. The number of pyridine rings is 1. The lowest BCUT2D eigenvalue weighted by atomic mass is 10.1. The topological polar surface area (TPSA) is 34.6 Å². The van der Waals surface area contributed by atoms with E-state index in [4.69, 9.17) is 9.47 Å². The molecule has 2 heterocycles. The van der Waals surface area contributed by atoms with Crippen LogP contribution in [0.15, 0.2) is 60.8 Å². The van der Waals surface area contributed by atoms with Gasteiger partial charge in [-0.1, -0.05) is 36.4 Å². The predicted octanol–water partition coefficient (Wildman–Crippen LogP) is 3.51. The Bertz CT molecular complexity index is 844. The number of fused-ring (bicyclic) bond motifs is 2. The highest BCUT2D eigenvalue weighted by Gasteiger charge is 2.22. The highest BCUT2D eigenvalue weighted by molar-refractivity contribution is 5.81. The molecule has 0 radical (unpaired) electrons. The number of nitrogens with zero attached hydrogens (tertiary/aromatic N) is 2. The molecule has 1 aliphatic heterocycles. The first-order valence-corrected chi connectivity index (χ1v) is 8.19. The van der Waals surface area contributed by atoms with Crippen LogP contribution in [0.1, 0.15) is 5.56 Å². The molecule has 1 atom stereocenters. The van der Waals surface area contributed by atoms with Crippen LogP contribution in [0.25, 0.3) is 10.9 Å². The second kappa shape index (κ2) is 6.49. The van der Waals surface area contributed by atoms with E-state index in [1.807, 2.05) is 36.5 Å². The van der Waals surface area contributed by atoms with Crippen molar-refractivity contribution < 1.29 is 9.47 Å². The largest absolute Gasteiger partial charge is 0.486 e. The van der Waals surface area contributed by atoms with Crippen LogP contribution < -0.4 is 9.47 Å². The molecule has 0 N–H and O–H groups in total. The van der Waals surface area contributed by atoms with Gasteiger partial charge in [0.05, 0.1) is 5.52 Å². The Morgan fingerprint density at radius 3 is 2.79 bits per heavy atom. The second-order valence-electron chi connectivity index (χ2n) is 6.19. The summed E-state index contributed by atoms with van der Waals surface area (Å²) in [6.07, 6.45) is 1.88. The lowest BCUT2D eigenvalue weighted by molar-refractivity contribution is 0.0639. The molecule has 1 aromatic heterocycles. The second-order valence-corrected chi connectivity index (χ2v) is 6.19. The number of ether oxygens (including phenoxy) is 2. The van der Waals surface area contributed by atoms with Crippen LogP contribution in [0.2, 0.25) is 0 Å². The third kappa shape index (κ3) is 3.05. The predicted molar refractivity (Wildman–Crippen MR) is 94.4 cm³/mol. The van der Waals surface area contributed by atoms with Crippen molar-refractivity contribution >= 4 is 10.9 Å². The summed E-state index contributed by atoms with van der Waals surface area (Å²) in [5.74, 6) is 1.66. The van der Waals surface area contributed by atoms with Gasteiger partial charge >= 0.3 is 0 Å². The van der Waals surface area contributed by atoms with Gasteiger partial charge in [0, 0.05) is 24.7 Å². The average Bonchev–Trinajstić information content (AvgIpc) is 2.62. The van der Waals surface area contributed by atoms with Gasteiger partial charge in [-0.15, -0.1) is 0 Å². The number of aromatic nitrogens is 1. The van der Waals surface area contributed by atoms with E-state index in [-0.39, 0.29) is 6.10 Å². The maximum atomic E-state index is 6.05. The van der Waals surface area contributed by atoms with E-state index >= 15 is 0 Å². The number of rotatable bonds is 4. The van der Waals surface area contributed by atoms with E-state index in [1.165, 1.54) is 10.9 Å². The standard InChI is InChI=1S/C20H20N2O2/c1-22(12-16-7-4-6-15-8-5-11-21-20(15)16)13-17-14-23-18-9-2-3-10-19(18)24-17/h2-11,17H,12-14H2,1H3. The van der Waals surface area contributed by atoms with Gasteiger partial charge in [-0.2, -0.15) is 0 Å². The molecule has 3 aromatic rings. The zero-order valence-electron chi connectivity index (χ0n) is 13.7. The summed E-state index contributed by atoms with van der Waals surface area (Å²) in [7, 11) is 2.10. The summed E-state index contributed by atoms with van der Waals surface area (Å²) in [6.45, 7) is 2.21. The van der Waals surface area contributed by atoms with Gasteiger partial charge in [0.25, 0.3) is 0 Å². The maximum Gasteiger partial charge on any atom is 0.161 e. The monoisotopic (exact) mass is 320 g/mol. The summed E-state index contributed by atoms with van der Waals surface area (Å²) in [5, 5.41) is 1.18. The van der Waals surface area contributed by atoms with Crippen molar-refractivity contribution in [3.05, 3.63) is 66.4 Å². The van der Waals surface area contributed by atoms with Crippen LogP contribution in [-0.2, 0) is 6.54 Å². The minimum atomic E-state index is 0.0350. The van der Waals surface area contributed by atoms with Gasteiger partial charge in [-0.25, -0.2) is 0 Å². The molecule has 2 aromatic carbocycles. The normalized spacial score (nSPS) is 16.5. The first-order valence-electron chi connectivity index (χ1n) is 8.19. The van der Waals surface area contributed by atoms with E-state index in [0.29, 0.717) is 6.61 Å². The molecule has 0 fully saturated rings. The van der Waals surface area contributed by atoms with Crippen LogP contribution in [0, 0.1) is 0 Å². The number of hydrogen-bond donors (Lipinski definition) is 0. The van der Waals surface area contributed by atoms with Gasteiger partial charge < -0.3 is 9.47 Å². The van der Waals surface area contributed by atoms with Crippen LogP contribution in [-0.4, -0.2) is 36.2 Å². The summed E-state index contributed by atoms with van der Waals surface area (Å²) < 4.78 is 11.8. The molecule has 4 rings (SSSR count). The molecule has 0 bridgehead atoms. The molecular formula is C20H20N2O2. The van der Waals surface area contributed by atoms with Gasteiger partial charge in [0.1, 0.15) is 12.7 Å². The van der Waals surface area contributed by atoms with Crippen molar-refractivity contribution in [2.45, 2.75) is 12.6 Å². The molecule has 24 heavy (non-hydrogen) atoms.